The van der Waals surface area contributed by atoms with Crippen molar-refractivity contribution < 1.29 is 17.5 Å². The van der Waals surface area contributed by atoms with E-state index in [0.717, 1.165) is 12.8 Å². The van der Waals surface area contributed by atoms with E-state index in [-0.39, 0.29) is 51.9 Å². The second kappa shape index (κ2) is 17.2. The summed E-state index contributed by atoms with van der Waals surface area (Å²) in [6, 6.07) is 6.50. The van der Waals surface area contributed by atoms with Crippen molar-refractivity contribution in [2.75, 3.05) is 6.61 Å². The average Bonchev–Trinajstić information content (AvgIpc) is 2.59. The van der Waals surface area contributed by atoms with Crippen molar-refractivity contribution in [1.29, 1.82) is 0 Å². The van der Waals surface area contributed by atoms with Crippen molar-refractivity contribution in [3.8, 4) is 5.75 Å². The number of ether oxygens (including phenoxy) is 1. The third-order valence-electron chi connectivity index (χ3n) is 4.36. The van der Waals surface area contributed by atoms with Crippen molar-refractivity contribution in [2.45, 2.75) is 84.0 Å². The van der Waals surface area contributed by atoms with Crippen molar-refractivity contribution >= 4 is 43.7 Å². The summed E-state index contributed by atoms with van der Waals surface area (Å²) in [6.07, 6.45) is 15.4. The molecule has 0 spiro atoms. The number of hydrogen-bond acceptors (Lipinski definition) is 3. The molecule has 0 unspecified atom stereocenters. The molecule has 0 aliphatic heterocycles. The average molecular weight is 377 g/mol. The summed E-state index contributed by atoms with van der Waals surface area (Å²) in [5.41, 5.74) is 0.247. The van der Waals surface area contributed by atoms with Gasteiger partial charge in [-0.25, -0.2) is 4.79 Å². The van der Waals surface area contributed by atoms with Crippen LogP contribution in [0, 0.1) is 0 Å². The van der Waals surface area contributed by atoms with Crippen LogP contribution in [0.2, 0.25) is 0 Å². The molecule has 0 saturated heterocycles. The molecule has 4 heteroatoms. The van der Waals surface area contributed by atoms with E-state index >= 15 is 0 Å². The maximum Gasteiger partial charge on any atom is 2.00 e. The third kappa shape index (κ3) is 12.7. The summed E-state index contributed by atoms with van der Waals surface area (Å²) in [5, 5.41) is 9.58. The molecule has 0 bridgehead atoms. The molecule has 0 aliphatic rings. The van der Waals surface area contributed by atoms with Gasteiger partial charge in [0.25, 0.3) is 0 Å². The zero-order chi connectivity index (χ0) is 17.5. The number of para-hydroxylation sites is 1. The fraction of sp³-hybridized carbons (Fsp3) is 0.667. The number of hydrogen-bond donors (Lipinski definition) is 1. The van der Waals surface area contributed by atoms with Gasteiger partial charge in [0.1, 0.15) is 11.3 Å². The van der Waals surface area contributed by atoms with Gasteiger partial charge in [-0.2, -0.15) is 0 Å². The Morgan fingerprint density at radius 1 is 0.880 bits per heavy atom. The van der Waals surface area contributed by atoms with E-state index in [1.807, 2.05) is 0 Å². The predicted octanol–water partition coefficient (Wildman–Crippen LogP) is 6.09. The topological polar surface area (TPSA) is 46.5 Å². The molecule has 1 N–H and O–H groups in total. The Labute approximate surface area is 186 Å². The summed E-state index contributed by atoms with van der Waals surface area (Å²) in [4.78, 5) is 11.8. The van der Waals surface area contributed by atoms with Gasteiger partial charge in [0.15, 0.2) is 0 Å². The van der Waals surface area contributed by atoms with Gasteiger partial charge in [-0.3, -0.25) is 0 Å². The first-order valence-electron chi connectivity index (χ1n) is 9.70. The minimum atomic E-state index is -0.434. The van der Waals surface area contributed by atoms with Crippen LogP contribution in [0.5, 0.6) is 5.75 Å². The molecule has 0 heterocycles. The van der Waals surface area contributed by atoms with Crippen LogP contribution < -0.4 is 0 Å². The van der Waals surface area contributed by atoms with E-state index in [1.165, 1.54) is 70.3 Å². The van der Waals surface area contributed by atoms with Gasteiger partial charge >= 0.3 is 43.7 Å². The third-order valence-corrected chi connectivity index (χ3v) is 4.36. The number of esters is 1. The first-order valence-corrected chi connectivity index (χ1v) is 9.70. The Balaban J connectivity index is -0.00000192. The molecule has 0 fully saturated rings. The number of phenolic OH excluding ortho intramolecular Hbond substituents is 1. The fourth-order valence-corrected chi connectivity index (χ4v) is 2.83. The maximum absolute atomic E-state index is 11.8. The van der Waals surface area contributed by atoms with Gasteiger partial charge in [-0.05, 0) is 18.6 Å². The molecule has 0 atom stereocenters. The van der Waals surface area contributed by atoms with E-state index in [2.05, 4.69) is 6.92 Å². The van der Waals surface area contributed by atoms with Crippen molar-refractivity contribution in [1.82, 2.24) is 0 Å². The van der Waals surface area contributed by atoms with Gasteiger partial charge in [-0.1, -0.05) is 89.7 Å². The normalized spacial score (nSPS) is 10.3. The zero-order valence-electron chi connectivity index (χ0n) is 18.0. The summed E-state index contributed by atoms with van der Waals surface area (Å²) < 4.78 is 5.20. The standard InChI is InChI=1S/C21H34O3.Ca.2H/c1-2-3-4-5-6-7-8-9-10-11-12-15-18-24-21(23)19-16-13-14-17-20(19)22;;;/h13-14,16-17,22H,2-12,15,18H2,1H3;;;/q;+2;2*-1. The van der Waals surface area contributed by atoms with Crippen molar-refractivity contribution in [3.05, 3.63) is 29.8 Å². The monoisotopic (exact) mass is 376 g/mol. The van der Waals surface area contributed by atoms with E-state index in [1.54, 1.807) is 18.2 Å². The van der Waals surface area contributed by atoms with E-state index in [9.17, 15) is 9.90 Å². The molecular formula is C21H36CaO3. The van der Waals surface area contributed by atoms with Crippen molar-refractivity contribution in [2.24, 2.45) is 0 Å². The van der Waals surface area contributed by atoms with E-state index in [0.29, 0.717) is 6.61 Å². The first-order chi connectivity index (χ1) is 11.8. The largest absolute Gasteiger partial charge is 2.00 e. The van der Waals surface area contributed by atoms with Gasteiger partial charge in [0.05, 0.1) is 6.61 Å². The van der Waals surface area contributed by atoms with Gasteiger partial charge < -0.3 is 12.7 Å². The molecule has 1 rings (SSSR count). The Kier molecular flexibility index (Phi) is 17.0. The SMILES string of the molecule is CCCCCCCCCCCCCCOC(=O)c1ccccc1O.[Ca+2].[H-].[H-]. The summed E-state index contributed by atoms with van der Waals surface area (Å²) in [5.74, 6) is -0.451. The molecule has 0 amide bonds. The smallest absolute Gasteiger partial charge is 1.00 e. The Morgan fingerprint density at radius 2 is 1.36 bits per heavy atom. The number of carbonyl (C=O) groups excluding carboxylic acids is 1. The van der Waals surface area contributed by atoms with Crippen LogP contribution in [0.25, 0.3) is 0 Å². The number of benzene rings is 1. The maximum atomic E-state index is 11.8. The molecule has 0 saturated carbocycles. The quantitative estimate of drug-likeness (QED) is 0.243. The fourth-order valence-electron chi connectivity index (χ4n) is 2.83. The molecule has 25 heavy (non-hydrogen) atoms. The predicted molar refractivity (Wildman–Crippen MR) is 107 cm³/mol. The number of carbonyl (C=O) groups is 1. The molecule has 140 valence electrons. The van der Waals surface area contributed by atoms with Crippen LogP contribution in [0.3, 0.4) is 0 Å². The summed E-state index contributed by atoms with van der Waals surface area (Å²) in [6.45, 7) is 2.69. The second-order valence-electron chi connectivity index (χ2n) is 6.54. The van der Waals surface area contributed by atoms with Crippen LogP contribution in [-0.4, -0.2) is 55.4 Å². The molecule has 1 aromatic rings. The number of aromatic hydroxyl groups is 1. The Bertz CT molecular complexity index is 459. The summed E-state index contributed by atoms with van der Waals surface area (Å²) in [7, 11) is 0. The molecule has 1 aromatic carbocycles. The Morgan fingerprint density at radius 3 is 1.88 bits per heavy atom. The van der Waals surface area contributed by atoms with E-state index < -0.39 is 5.97 Å². The number of unbranched alkanes of at least 4 members (excludes halogenated alkanes) is 11. The zero-order valence-corrected chi connectivity index (χ0v) is 18.2. The molecule has 0 aromatic heterocycles. The second-order valence-corrected chi connectivity index (χ2v) is 6.54. The summed E-state index contributed by atoms with van der Waals surface area (Å²) >= 11 is 0. The first kappa shape index (κ1) is 24.7. The number of rotatable bonds is 14. The van der Waals surface area contributed by atoms with Crippen LogP contribution in [0.1, 0.15) is 97.2 Å². The van der Waals surface area contributed by atoms with Crippen LogP contribution in [0.4, 0.5) is 0 Å². The van der Waals surface area contributed by atoms with Gasteiger partial charge in [0.2, 0.25) is 0 Å². The molecular weight excluding hydrogens is 340 g/mol. The minimum Gasteiger partial charge on any atom is -1.00 e. The van der Waals surface area contributed by atoms with E-state index in [4.69, 9.17) is 4.74 Å². The van der Waals surface area contributed by atoms with Crippen LogP contribution in [-0.2, 0) is 4.74 Å². The van der Waals surface area contributed by atoms with Gasteiger partial charge in [-0.15, -0.1) is 0 Å². The molecule has 0 aliphatic carbocycles. The van der Waals surface area contributed by atoms with Crippen molar-refractivity contribution in [3.63, 3.8) is 0 Å². The molecule has 0 radical (unpaired) electrons. The minimum absolute atomic E-state index is 0. The van der Waals surface area contributed by atoms with Crippen LogP contribution in [0.15, 0.2) is 24.3 Å². The van der Waals surface area contributed by atoms with Gasteiger partial charge in [0, 0.05) is 0 Å². The van der Waals surface area contributed by atoms with Crippen LogP contribution >= 0.6 is 0 Å². The Hall–Kier alpha value is -0.250. The molecule has 3 nitrogen and oxygen atoms in total. The number of phenols is 1.